The largest absolute Gasteiger partial charge is 0.394 e. The number of aromatic nitrogens is 2. The van der Waals surface area contributed by atoms with Gasteiger partial charge in [-0.3, -0.25) is 9.97 Å². The van der Waals surface area contributed by atoms with Crippen molar-refractivity contribution in [1.29, 1.82) is 0 Å². The highest BCUT2D eigenvalue weighted by atomic mass is 16.3. The van der Waals surface area contributed by atoms with Crippen LogP contribution in [0.3, 0.4) is 0 Å². The molecule has 0 bridgehead atoms. The number of hydrogen-bond donors (Lipinski definition) is 3. The second-order valence-corrected chi connectivity index (χ2v) is 2.65. The third-order valence-electron chi connectivity index (χ3n) is 1.65. The van der Waals surface area contributed by atoms with Crippen molar-refractivity contribution in [3.05, 3.63) is 23.8 Å². The maximum absolute atomic E-state index is 9.13. The fourth-order valence-electron chi connectivity index (χ4n) is 0.986. The molecule has 1 unspecified atom stereocenters. The van der Waals surface area contributed by atoms with Gasteiger partial charge < -0.3 is 15.3 Å². The maximum Gasteiger partial charge on any atom is 0.0874 e. The smallest absolute Gasteiger partial charge is 0.0874 e. The minimum absolute atomic E-state index is 0.207. The predicted octanol–water partition coefficient (Wildman–Crippen LogP) is -1.14. The van der Waals surface area contributed by atoms with Gasteiger partial charge in [-0.25, -0.2) is 0 Å². The molecular formula is C8H12N2O3. The normalized spacial score (nSPS) is 12.8. The van der Waals surface area contributed by atoms with Crippen molar-refractivity contribution in [2.75, 3.05) is 6.61 Å². The van der Waals surface area contributed by atoms with E-state index in [0.29, 0.717) is 11.4 Å². The van der Waals surface area contributed by atoms with Crippen molar-refractivity contribution < 1.29 is 15.3 Å². The Morgan fingerprint density at radius 3 is 2.31 bits per heavy atom. The van der Waals surface area contributed by atoms with Gasteiger partial charge >= 0.3 is 0 Å². The second-order valence-electron chi connectivity index (χ2n) is 2.65. The van der Waals surface area contributed by atoms with Crippen molar-refractivity contribution in [2.45, 2.75) is 19.1 Å². The number of nitrogens with zero attached hydrogens (tertiary/aromatic N) is 2. The highest BCUT2D eigenvalue weighted by molar-refractivity contribution is 5.10. The van der Waals surface area contributed by atoms with Crippen LogP contribution in [0.1, 0.15) is 11.4 Å². The van der Waals surface area contributed by atoms with Crippen LogP contribution < -0.4 is 0 Å². The molecule has 0 saturated heterocycles. The molecular weight excluding hydrogens is 172 g/mol. The van der Waals surface area contributed by atoms with E-state index in [4.69, 9.17) is 15.3 Å². The zero-order valence-electron chi connectivity index (χ0n) is 7.09. The van der Waals surface area contributed by atoms with Gasteiger partial charge in [-0.05, 0) is 0 Å². The molecule has 0 aliphatic heterocycles. The molecule has 0 radical (unpaired) electrons. The molecule has 0 aliphatic rings. The Labute approximate surface area is 75.7 Å². The molecule has 0 fully saturated rings. The monoisotopic (exact) mass is 184 g/mol. The molecule has 1 heterocycles. The molecule has 1 atom stereocenters. The quantitative estimate of drug-likeness (QED) is 0.551. The summed E-state index contributed by atoms with van der Waals surface area (Å²) in [4.78, 5) is 7.82. The van der Waals surface area contributed by atoms with Crippen molar-refractivity contribution in [3.63, 3.8) is 0 Å². The molecule has 0 aromatic carbocycles. The molecule has 0 amide bonds. The standard InChI is InChI=1S/C8H12N2O3/c11-4-6(13)3-7-8(5-12)10-2-1-9-7/h1-2,6,11-13H,3-5H2. The van der Waals surface area contributed by atoms with Gasteiger partial charge in [0.05, 0.1) is 30.7 Å². The van der Waals surface area contributed by atoms with E-state index in [1.807, 2.05) is 0 Å². The van der Waals surface area contributed by atoms with Crippen molar-refractivity contribution in [3.8, 4) is 0 Å². The van der Waals surface area contributed by atoms with Crippen LogP contribution in [0.2, 0.25) is 0 Å². The van der Waals surface area contributed by atoms with Gasteiger partial charge in [0.2, 0.25) is 0 Å². The van der Waals surface area contributed by atoms with Crippen LogP contribution in [0.25, 0.3) is 0 Å². The summed E-state index contributed by atoms with van der Waals surface area (Å²) in [7, 11) is 0. The number of aliphatic hydroxyl groups excluding tert-OH is 3. The van der Waals surface area contributed by atoms with E-state index in [-0.39, 0.29) is 19.6 Å². The predicted molar refractivity (Wildman–Crippen MR) is 44.8 cm³/mol. The maximum atomic E-state index is 9.13. The first-order valence-corrected chi connectivity index (χ1v) is 3.96. The molecule has 5 nitrogen and oxygen atoms in total. The van der Waals surface area contributed by atoms with E-state index < -0.39 is 6.10 Å². The molecule has 1 rings (SSSR count). The van der Waals surface area contributed by atoms with Crippen LogP contribution >= 0.6 is 0 Å². The molecule has 0 aliphatic carbocycles. The summed E-state index contributed by atoms with van der Waals surface area (Å²) in [5, 5.41) is 26.6. The third kappa shape index (κ3) is 2.73. The number of aliphatic hydroxyl groups is 3. The average Bonchev–Trinajstić information content (AvgIpc) is 2.18. The van der Waals surface area contributed by atoms with Crippen molar-refractivity contribution in [1.82, 2.24) is 9.97 Å². The summed E-state index contributed by atoms with van der Waals surface area (Å²) in [6, 6.07) is 0. The summed E-state index contributed by atoms with van der Waals surface area (Å²) in [6.07, 6.45) is 2.32. The van der Waals surface area contributed by atoms with E-state index in [1.165, 1.54) is 12.4 Å². The number of hydrogen-bond acceptors (Lipinski definition) is 5. The highest BCUT2D eigenvalue weighted by Gasteiger charge is 2.09. The number of rotatable bonds is 4. The zero-order chi connectivity index (χ0) is 9.68. The first-order chi connectivity index (χ1) is 6.27. The SMILES string of the molecule is OCc1nccnc1CC(O)CO. The lowest BCUT2D eigenvalue weighted by molar-refractivity contribution is 0.0941. The summed E-state index contributed by atoms with van der Waals surface area (Å²) in [5.74, 6) is 0. The van der Waals surface area contributed by atoms with Crippen molar-refractivity contribution in [2.24, 2.45) is 0 Å². The fraction of sp³-hybridized carbons (Fsp3) is 0.500. The molecule has 13 heavy (non-hydrogen) atoms. The van der Waals surface area contributed by atoms with E-state index in [0.717, 1.165) is 0 Å². The highest BCUT2D eigenvalue weighted by Crippen LogP contribution is 2.04. The lowest BCUT2D eigenvalue weighted by Crippen LogP contribution is -2.17. The molecule has 3 N–H and O–H groups in total. The Morgan fingerprint density at radius 1 is 1.15 bits per heavy atom. The van der Waals surface area contributed by atoms with E-state index in [9.17, 15) is 0 Å². The van der Waals surface area contributed by atoms with Gasteiger partial charge in [0.25, 0.3) is 0 Å². The van der Waals surface area contributed by atoms with Gasteiger partial charge in [-0.15, -0.1) is 0 Å². The van der Waals surface area contributed by atoms with Gasteiger partial charge in [0.1, 0.15) is 0 Å². The fourth-order valence-corrected chi connectivity index (χ4v) is 0.986. The summed E-state index contributed by atoms with van der Waals surface area (Å²) < 4.78 is 0. The van der Waals surface area contributed by atoms with Crippen LogP contribution in [-0.4, -0.2) is 38.0 Å². The minimum Gasteiger partial charge on any atom is -0.394 e. The Morgan fingerprint density at radius 2 is 1.77 bits per heavy atom. The second kappa shape index (κ2) is 4.86. The van der Waals surface area contributed by atoms with Gasteiger partial charge in [0, 0.05) is 18.8 Å². The van der Waals surface area contributed by atoms with Crippen LogP contribution in [0.4, 0.5) is 0 Å². The lowest BCUT2D eigenvalue weighted by atomic mass is 10.1. The van der Waals surface area contributed by atoms with Crippen LogP contribution in [-0.2, 0) is 13.0 Å². The molecule has 1 aromatic heterocycles. The van der Waals surface area contributed by atoms with E-state index in [1.54, 1.807) is 0 Å². The van der Waals surface area contributed by atoms with Crippen LogP contribution in [0.5, 0.6) is 0 Å². The third-order valence-corrected chi connectivity index (χ3v) is 1.65. The average molecular weight is 184 g/mol. The zero-order valence-corrected chi connectivity index (χ0v) is 7.09. The van der Waals surface area contributed by atoms with E-state index >= 15 is 0 Å². The summed E-state index contributed by atoms with van der Waals surface area (Å²) in [6.45, 7) is -0.525. The van der Waals surface area contributed by atoms with Crippen LogP contribution in [0.15, 0.2) is 12.4 Å². The topological polar surface area (TPSA) is 86.5 Å². The Bertz CT molecular complexity index is 267. The Kier molecular flexibility index (Phi) is 3.75. The molecule has 72 valence electrons. The molecule has 5 heteroatoms. The van der Waals surface area contributed by atoms with Gasteiger partial charge in [-0.2, -0.15) is 0 Å². The molecule has 0 saturated carbocycles. The van der Waals surface area contributed by atoms with Gasteiger partial charge in [0.15, 0.2) is 0 Å². The van der Waals surface area contributed by atoms with Gasteiger partial charge in [-0.1, -0.05) is 0 Å². The minimum atomic E-state index is -0.845. The van der Waals surface area contributed by atoms with E-state index in [2.05, 4.69) is 9.97 Å². The molecule has 0 spiro atoms. The Balaban J connectivity index is 2.74. The molecule has 1 aromatic rings. The Hall–Kier alpha value is -1.04. The summed E-state index contributed by atoms with van der Waals surface area (Å²) >= 11 is 0. The first kappa shape index (κ1) is 10.0. The lowest BCUT2D eigenvalue weighted by Gasteiger charge is -2.08. The van der Waals surface area contributed by atoms with Crippen LogP contribution in [0, 0.1) is 0 Å². The first-order valence-electron chi connectivity index (χ1n) is 3.96. The van der Waals surface area contributed by atoms with Crippen molar-refractivity contribution >= 4 is 0 Å². The summed E-state index contributed by atoms with van der Waals surface area (Å²) in [5.41, 5.74) is 0.960.